The minimum absolute atomic E-state index is 0.113. The molecule has 0 radical (unpaired) electrons. The SMILES string of the molecule is Cc1noc(C)c1CC(=O)Nc1nc2ccccc2s1. The largest absolute Gasteiger partial charge is 0.361 e. The molecule has 0 bridgehead atoms. The first-order valence-corrected chi connectivity index (χ1v) is 7.02. The summed E-state index contributed by atoms with van der Waals surface area (Å²) in [5.74, 6) is 0.570. The van der Waals surface area contributed by atoms with E-state index in [2.05, 4.69) is 15.5 Å². The first kappa shape index (κ1) is 12.8. The number of aromatic nitrogens is 2. The van der Waals surface area contributed by atoms with Gasteiger partial charge in [-0.25, -0.2) is 4.98 Å². The second kappa shape index (κ2) is 5.05. The molecule has 0 saturated carbocycles. The summed E-state index contributed by atoms with van der Waals surface area (Å²) < 4.78 is 6.11. The molecule has 0 unspecified atom stereocenters. The van der Waals surface area contributed by atoms with Gasteiger partial charge in [-0.05, 0) is 26.0 Å². The van der Waals surface area contributed by atoms with Gasteiger partial charge in [0, 0.05) is 5.56 Å². The van der Waals surface area contributed by atoms with Gasteiger partial charge in [0.2, 0.25) is 5.91 Å². The summed E-state index contributed by atoms with van der Waals surface area (Å²) in [5.41, 5.74) is 2.48. The summed E-state index contributed by atoms with van der Waals surface area (Å²) in [6.45, 7) is 3.64. The Morgan fingerprint density at radius 2 is 2.15 bits per heavy atom. The predicted octanol–water partition coefficient (Wildman–Crippen LogP) is 3.08. The monoisotopic (exact) mass is 287 g/mol. The zero-order chi connectivity index (χ0) is 14.1. The van der Waals surface area contributed by atoms with Crippen molar-refractivity contribution >= 4 is 32.6 Å². The molecular weight excluding hydrogens is 274 g/mol. The average Bonchev–Trinajstić information content (AvgIpc) is 2.96. The molecule has 0 saturated heterocycles. The maximum Gasteiger partial charge on any atom is 0.230 e. The quantitative estimate of drug-likeness (QED) is 0.803. The lowest BCUT2D eigenvalue weighted by molar-refractivity contribution is -0.115. The fourth-order valence-corrected chi connectivity index (χ4v) is 2.89. The van der Waals surface area contributed by atoms with Crippen molar-refractivity contribution in [3.63, 3.8) is 0 Å². The fraction of sp³-hybridized carbons (Fsp3) is 0.214. The molecule has 5 nitrogen and oxygen atoms in total. The van der Waals surface area contributed by atoms with Crippen molar-refractivity contribution in [2.75, 3.05) is 5.32 Å². The van der Waals surface area contributed by atoms with Crippen LogP contribution in [0.25, 0.3) is 10.2 Å². The van der Waals surface area contributed by atoms with Crippen LogP contribution in [-0.4, -0.2) is 16.0 Å². The summed E-state index contributed by atoms with van der Waals surface area (Å²) in [6.07, 6.45) is 0.247. The van der Waals surface area contributed by atoms with Crippen LogP contribution in [0.5, 0.6) is 0 Å². The molecule has 2 heterocycles. The zero-order valence-electron chi connectivity index (χ0n) is 11.1. The predicted molar refractivity (Wildman–Crippen MR) is 77.9 cm³/mol. The Labute approximate surface area is 119 Å². The van der Waals surface area contributed by atoms with Crippen LogP contribution in [0.1, 0.15) is 17.0 Å². The molecule has 3 rings (SSSR count). The van der Waals surface area contributed by atoms with E-state index in [1.165, 1.54) is 11.3 Å². The van der Waals surface area contributed by atoms with Gasteiger partial charge in [-0.1, -0.05) is 28.6 Å². The summed E-state index contributed by atoms with van der Waals surface area (Å²) >= 11 is 1.46. The van der Waals surface area contributed by atoms with Crippen LogP contribution < -0.4 is 5.32 Å². The molecule has 2 aromatic heterocycles. The maximum atomic E-state index is 12.0. The van der Waals surface area contributed by atoms with Crippen molar-refractivity contribution < 1.29 is 9.32 Å². The van der Waals surface area contributed by atoms with Crippen LogP contribution in [0.4, 0.5) is 5.13 Å². The molecule has 3 aromatic rings. The highest BCUT2D eigenvalue weighted by molar-refractivity contribution is 7.22. The fourth-order valence-electron chi connectivity index (χ4n) is 2.00. The lowest BCUT2D eigenvalue weighted by Gasteiger charge is -2.00. The normalized spacial score (nSPS) is 10.9. The highest BCUT2D eigenvalue weighted by Crippen LogP contribution is 2.25. The van der Waals surface area contributed by atoms with Gasteiger partial charge in [0.25, 0.3) is 0 Å². The molecule has 0 aliphatic heterocycles. The Hall–Kier alpha value is -2.21. The van der Waals surface area contributed by atoms with Gasteiger partial charge in [-0.3, -0.25) is 4.79 Å². The van der Waals surface area contributed by atoms with Crippen molar-refractivity contribution in [2.24, 2.45) is 0 Å². The average molecular weight is 287 g/mol. The molecule has 6 heteroatoms. The van der Waals surface area contributed by atoms with Crippen molar-refractivity contribution in [2.45, 2.75) is 20.3 Å². The van der Waals surface area contributed by atoms with Crippen LogP contribution in [0.15, 0.2) is 28.8 Å². The standard InChI is InChI=1S/C14H13N3O2S/c1-8-10(9(2)19-17-8)7-13(18)16-14-15-11-5-3-4-6-12(11)20-14/h3-6H,7H2,1-2H3,(H,15,16,18). The molecule has 20 heavy (non-hydrogen) atoms. The Kier molecular flexibility index (Phi) is 3.23. The second-order valence-electron chi connectivity index (χ2n) is 4.51. The van der Waals surface area contributed by atoms with E-state index in [1.54, 1.807) is 6.92 Å². The highest BCUT2D eigenvalue weighted by atomic mass is 32.1. The minimum Gasteiger partial charge on any atom is -0.361 e. The second-order valence-corrected chi connectivity index (χ2v) is 5.55. The van der Waals surface area contributed by atoms with Crippen LogP contribution in [0.2, 0.25) is 0 Å². The third-order valence-electron chi connectivity index (χ3n) is 3.06. The summed E-state index contributed by atoms with van der Waals surface area (Å²) in [7, 11) is 0. The molecule has 0 atom stereocenters. The number of para-hydroxylation sites is 1. The zero-order valence-corrected chi connectivity index (χ0v) is 12.0. The van der Waals surface area contributed by atoms with Gasteiger partial charge in [0.15, 0.2) is 5.13 Å². The van der Waals surface area contributed by atoms with E-state index in [-0.39, 0.29) is 12.3 Å². The number of amides is 1. The molecule has 0 aliphatic carbocycles. The topological polar surface area (TPSA) is 68.0 Å². The summed E-state index contributed by atoms with van der Waals surface area (Å²) in [5, 5.41) is 7.28. The van der Waals surface area contributed by atoms with Crippen molar-refractivity contribution in [3.8, 4) is 0 Å². The number of benzene rings is 1. The Morgan fingerprint density at radius 3 is 2.85 bits per heavy atom. The third kappa shape index (κ3) is 2.42. The number of thiazole rings is 1. The summed E-state index contributed by atoms with van der Waals surface area (Å²) in [6, 6.07) is 7.79. The number of carbonyl (C=O) groups is 1. The van der Waals surface area contributed by atoms with Gasteiger partial charge in [0.05, 0.1) is 22.3 Å². The van der Waals surface area contributed by atoms with Crippen molar-refractivity contribution in [3.05, 3.63) is 41.3 Å². The number of aryl methyl sites for hydroxylation is 2. The number of nitrogens with one attached hydrogen (secondary N) is 1. The van der Waals surface area contributed by atoms with Gasteiger partial charge >= 0.3 is 0 Å². The number of carbonyl (C=O) groups excluding carboxylic acids is 1. The van der Waals surface area contributed by atoms with E-state index in [9.17, 15) is 4.79 Å². The van der Waals surface area contributed by atoms with Crippen LogP contribution in [0.3, 0.4) is 0 Å². The lowest BCUT2D eigenvalue weighted by Crippen LogP contribution is -2.14. The Balaban J connectivity index is 1.76. The van der Waals surface area contributed by atoms with E-state index in [4.69, 9.17) is 4.52 Å². The molecule has 1 N–H and O–H groups in total. The number of nitrogens with zero attached hydrogens (tertiary/aromatic N) is 2. The first-order valence-electron chi connectivity index (χ1n) is 6.20. The van der Waals surface area contributed by atoms with Crippen LogP contribution >= 0.6 is 11.3 Å². The Bertz CT molecular complexity index is 723. The number of fused-ring (bicyclic) bond motifs is 1. The molecule has 0 aliphatic rings. The van der Waals surface area contributed by atoms with E-state index < -0.39 is 0 Å². The van der Waals surface area contributed by atoms with E-state index in [0.29, 0.717) is 10.9 Å². The number of anilines is 1. The lowest BCUT2D eigenvalue weighted by atomic mass is 10.1. The van der Waals surface area contributed by atoms with E-state index in [0.717, 1.165) is 21.5 Å². The van der Waals surface area contributed by atoms with Gasteiger partial charge in [0.1, 0.15) is 5.76 Å². The minimum atomic E-state index is -0.113. The maximum absolute atomic E-state index is 12.0. The third-order valence-corrected chi connectivity index (χ3v) is 4.01. The van der Waals surface area contributed by atoms with Gasteiger partial charge < -0.3 is 9.84 Å². The van der Waals surface area contributed by atoms with Crippen molar-refractivity contribution in [1.82, 2.24) is 10.1 Å². The van der Waals surface area contributed by atoms with Gasteiger partial charge in [-0.2, -0.15) is 0 Å². The summed E-state index contributed by atoms with van der Waals surface area (Å²) in [4.78, 5) is 16.4. The molecule has 102 valence electrons. The first-order chi connectivity index (χ1) is 9.63. The molecule has 1 amide bonds. The highest BCUT2D eigenvalue weighted by Gasteiger charge is 2.14. The molecule has 0 spiro atoms. The van der Waals surface area contributed by atoms with Crippen molar-refractivity contribution in [1.29, 1.82) is 0 Å². The van der Waals surface area contributed by atoms with E-state index in [1.807, 2.05) is 31.2 Å². The molecule has 0 fully saturated rings. The number of hydrogen-bond acceptors (Lipinski definition) is 5. The molecule has 1 aromatic carbocycles. The van der Waals surface area contributed by atoms with Gasteiger partial charge in [-0.15, -0.1) is 0 Å². The van der Waals surface area contributed by atoms with Crippen LogP contribution in [-0.2, 0) is 11.2 Å². The molecular formula is C14H13N3O2S. The van der Waals surface area contributed by atoms with E-state index >= 15 is 0 Å². The number of rotatable bonds is 3. The van der Waals surface area contributed by atoms with Crippen LogP contribution in [0, 0.1) is 13.8 Å². The Morgan fingerprint density at radius 1 is 1.35 bits per heavy atom. The smallest absolute Gasteiger partial charge is 0.230 e. The number of hydrogen-bond donors (Lipinski definition) is 1.